The van der Waals surface area contributed by atoms with Gasteiger partial charge in [0.25, 0.3) is 0 Å². The summed E-state index contributed by atoms with van der Waals surface area (Å²) in [7, 11) is 1.90. The number of nitrogens with zero attached hydrogens (tertiary/aromatic N) is 2. The van der Waals surface area contributed by atoms with Gasteiger partial charge in [-0.3, -0.25) is 4.68 Å². The lowest BCUT2D eigenvalue weighted by atomic mass is 10.0. The molecule has 17 heavy (non-hydrogen) atoms. The predicted molar refractivity (Wildman–Crippen MR) is 73.0 cm³/mol. The topological polar surface area (TPSA) is 43.8 Å². The van der Waals surface area contributed by atoms with Gasteiger partial charge in [-0.15, -0.1) is 0 Å². The lowest BCUT2D eigenvalue weighted by Gasteiger charge is -2.11. The Balaban J connectivity index is 2.14. The van der Waals surface area contributed by atoms with Gasteiger partial charge >= 0.3 is 0 Å². The van der Waals surface area contributed by atoms with Gasteiger partial charge in [0, 0.05) is 23.8 Å². The third-order valence-corrected chi connectivity index (χ3v) is 3.80. The summed E-state index contributed by atoms with van der Waals surface area (Å²) in [5.74, 6) is 0. The maximum atomic E-state index is 6.15. The molecule has 1 aromatic carbocycles. The van der Waals surface area contributed by atoms with Crippen molar-refractivity contribution in [1.29, 1.82) is 0 Å². The van der Waals surface area contributed by atoms with Crippen LogP contribution in [0, 0.1) is 0 Å². The van der Waals surface area contributed by atoms with Gasteiger partial charge in [-0.25, -0.2) is 0 Å². The summed E-state index contributed by atoms with van der Waals surface area (Å²) < 4.78 is 2.65. The third-order valence-electron chi connectivity index (χ3n) is 2.59. The minimum atomic E-state index is -0.0484. The van der Waals surface area contributed by atoms with Crippen LogP contribution >= 0.6 is 27.5 Å². The van der Waals surface area contributed by atoms with Crippen LogP contribution in [0.5, 0.6) is 0 Å². The van der Waals surface area contributed by atoms with Gasteiger partial charge in [0.1, 0.15) is 0 Å². The highest BCUT2D eigenvalue weighted by Crippen LogP contribution is 2.26. The zero-order chi connectivity index (χ0) is 12.4. The molecule has 0 aliphatic heterocycles. The van der Waals surface area contributed by atoms with Gasteiger partial charge in [-0.05, 0) is 45.6 Å². The van der Waals surface area contributed by atoms with Crippen LogP contribution in [0.25, 0.3) is 0 Å². The quantitative estimate of drug-likeness (QED) is 0.946. The Morgan fingerprint density at radius 2 is 2.29 bits per heavy atom. The molecule has 90 valence electrons. The van der Waals surface area contributed by atoms with E-state index >= 15 is 0 Å². The molecular formula is C12H13BrClN3. The number of hydrogen-bond donors (Lipinski definition) is 1. The van der Waals surface area contributed by atoms with E-state index in [0.717, 1.165) is 22.0 Å². The number of aromatic nitrogens is 2. The smallest absolute Gasteiger partial charge is 0.0548 e. The highest BCUT2D eigenvalue weighted by Gasteiger charge is 2.09. The van der Waals surface area contributed by atoms with Crippen LogP contribution in [0.4, 0.5) is 0 Å². The molecule has 1 aromatic heterocycles. The fraction of sp³-hybridized carbons (Fsp3) is 0.250. The number of benzene rings is 1. The summed E-state index contributed by atoms with van der Waals surface area (Å²) in [5.41, 5.74) is 8.35. The van der Waals surface area contributed by atoms with Crippen LogP contribution in [-0.2, 0) is 13.5 Å². The molecule has 1 unspecified atom stereocenters. The second kappa shape index (κ2) is 5.21. The number of aryl methyl sites for hydroxylation is 1. The van der Waals surface area contributed by atoms with Crippen LogP contribution in [0.1, 0.15) is 17.2 Å². The van der Waals surface area contributed by atoms with Crippen molar-refractivity contribution < 1.29 is 0 Å². The summed E-state index contributed by atoms with van der Waals surface area (Å²) in [6.45, 7) is 0. The van der Waals surface area contributed by atoms with Crippen molar-refractivity contribution in [1.82, 2.24) is 9.78 Å². The Kier molecular flexibility index (Phi) is 3.86. The monoisotopic (exact) mass is 313 g/mol. The Bertz CT molecular complexity index is 524. The van der Waals surface area contributed by atoms with Crippen molar-refractivity contribution in [3.63, 3.8) is 0 Å². The molecule has 2 aromatic rings. The molecule has 1 atom stereocenters. The molecule has 2 N–H and O–H groups in total. The summed E-state index contributed by atoms with van der Waals surface area (Å²) in [4.78, 5) is 0. The van der Waals surface area contributed by atoms with Crippen LogP contribution < -0.4 is 5.73 Å². The van der Waals surface area contributed by atoms with Crippen LogP contribution in [0.3, 0.4) is 0 Å². The van der Waals surface area contributed by atoms with Gasteiger partial charge in [-0.1, -0.05) is 17.7 Å². The van der Waals surface area contributed by atoms with E-state index in [1.807, 2.05) is 37.6 Å². The Labute approximate surface area is 114 Å². The average Bonchev–Trinajstić information content (AvgIpc) is 2.68. The SMILES string of the molecule is Cn1cc(CC(N)c2ccc(Cl)c(Br)c2)cn1. The number of rotatable bonds is 3. The van der Waals surface area contributed by atoms with Crippen molar-refractivity contribution in [2.24, 2.45) is 12.8 Å². The van der Waals surface area contributed by atoms with E-state index in [1.165, 1.54) is 0 Å². The summed E-state index contributed by atoms with van der Waals surface area (Å²) in [5, 5.41) is 4.82. The third kappa shape index (κ3) is 3.09. The van der Waals surface area contributed by atoms with Gasteiger partial charge in [0.05, 0.1) is 11.2 Å². The molecule has 0 fully saturated rings. The van der Waals surface area contributed by atoms with Gasteiger partial charge < -0.3 is 5.73 Å². The Morgan fingerprint density at radius 3 is 2.88 bits per heavy atom. The van der Waals surface area contributed by atoms with E-state index < -0.39 is 0 Å². The number of halogens is 2. The lowest BCUT2D eigenvalue weighted by molar-refractivity contribution is 0.719. The second-order valence-corrected chi connectivity index (χ2v) is 5.27. The largest absolute Gasteiger partial charge is 0.324 e. The van der Waals surface area contributed by atoms with Crippen LogP contribution in [0.2, 0.25) is 5.02 Å². The minimum absolute atomic E-state index is 0.0484. The maximum absolute atomic E-state index is 6.15. The number of nitrogens with two attached hydrogens (primary N) is 1. The molecule has 2 rings (SSSR count). The van der Waals surface area contributed by atoms with Crippen molar-refractivity contribution in [3.8, 4) is 0 Å². The summed E-state index contributed by atoms with van der Waals surface area (Å²) in [6.07, 6.45) is 4.58. The Hall–Kier alpha value is -0.840. The second-order valence-electron chi connectivity index (χ2n) is 4.01. The van der Waals surface area contributed by atoms with Crippen molar-refractivity contribution in [3.05, 3.63) is 51.2 Å². The molecule has 3 nitrogen and oxygen atoms in total. The summed E-state index contributed by atoms with van der Waals surface area (Å²) >= 11 is 9.35. The molecular weight excluding hydrogens is 302 g/mol. The first-order valence-electron chi connectivity index (χ1n) is 5.24. The molecule has 0 spiro atoms. The average molecular weight is 315 g/mol. The highest BCUT2D eigenvalue weighted by molar-refractivity contribution is 9.10. The van der Waals surface area contributed by atoms with Crippen LogP contribution in [0.15, 0.2) is 35.1 Å². The first-order valence-corrected chi connectivity index (χ1v) is 6.41. The maximum Gasteiger partial charge on any atom is 0.0548 e. The molecule has 0 amide bonds. The van der Waals surface area contributed by atoms with Crippen molar-refractivity contribution >= 4 is 27.5 Å². The molecule has 0 aliphatic carbocycles. The van der Waals surface area contributed by atoms with Gasteiger partial charge in [-0.2, -0.15) is 5.10 Å². The van der Waals surface area contributed by atoms with Gasteiger partial charge in [0.15, 0.2) is 0 Å². The lowest BCUT2D eigenvalue weighted by Crippen LogP contribution is -2.13. The molecule has 5 heteroatoms. The first-order chi connectivity index (χ1) is 8.06. The summed E-state index contributed by atoms with van der Waals surface area (Å²) in [6, 6.07) is 5.72. The van der Waals surface area contributed by atoms with E-state index in [2.05, 4.69) is 21.0 Å². The van der Waals surface area contributed by atoms with E-state index in [4.69, 9.17) is 17.3 Å². The van der Waals surface area contributed by atoms with Gasteiger partial charge in [0.2, 0.25) is 0 Å². The van der Waals surface area contributed by atoms with E-state index in [9.17, 15) is 0 Å². The molecule has 0 bridgehead atoms. The van der Waals surface area contributed by atoms with E-state index in [-0.39, 0.29) is 6.04 Å². The minimum Gasteiger partial charge on any atom is -0.324 e. The zero-order valence-corrected chi connectivity index (χ0v) is 11.7. The van der Waals surface area contributed by atoms with Crippen molar-refractivity contribution in [2.75, 3.05) is 0 Å². The van der Waals surface area contributed by atoms with Crippen molar-refractivity contribution in [2.45, 2.75) is 12.5 Å². The fourth-order valence-corrected chi connectivity index (χ4v) is 2.21. The predicted octanol–water partition coefficient (Wildman–Crippen LogP) is 3.08. The Morgan fingerprint density at radius 1 is 1.53 bits per heavy atom. The van der Waals surface area contributed by atoms with Crippen LogP contribution in [-0.4, -0.2) is 9.78 Å². The molecule has 0 radical (unpaired) electrons. The van der Waals surface area contributed by atoms with E-state index in [1.54, 1.807) is 4.68 Å². The fourth-order valence-electron chi connectivity index (χ4n) is 1.69. The normalized spacial score (nSPS) is 12.7. The highest BCUT2D eigenvalue weighted by atomic mass is 79.9. The molecule has 0 saturated carbocycles. The molecule has 0 aliphatic rings. The van der Waals surface area contributed by atoms with E-state index in [0.29, 0.717) is 5.02 Å². The molecule has 0 saturated heterocycles. The first kappa shape index (κ1) is 12.6. The molecule has 1 heterocycles. The zero-order valence-electron chi connectivity index (χ0n) is 9.40. The standard InChI is InChI=1S/C12H13BrClN3/c1-17-7-8(6-16-17)4-12(15)9-2-3-11(14)10(13)5-9/h2-3,5-7,12H,4,15H2,1H3. The number of hydrogen-bond acceptors (Lipinski definition) is 2.